The van der Waals surface area contributed by atoms with Crippen LogP contribution in [0.4, 0.5) is 5.69 Å². The molecule has 19 heavy (non-hydrogen) atoms. The first-order valence-electron chi connectivity index (χ1n) is 5.63. The molecule has 1 heterocycles. The Bertz CT molecular complexity index is 557. The van der Waals surface area contributed by atoms with Gasteiger partial charge in [-0.1, -0.05) is 0 Å². The highest BCUT2D eigenvalue weighted by molar-refractivity contribution is 7.09. The maximum Gasteiger partial charge on any atom is 0.270 e. The average molecular weight is 279 g/mol. The molecule has 0 bridgehead atoms. The summed E-state index contributed by atoms with van der Waals surface area (Å²) in [6.07, 6.45) is 1.74. The SMILES string of the molecule is CNCc1cc([N+](=O)[O-])ccc1OCc1cncs1. The summed E-state index contributed by atoms with van der Waals surface area (Å²) < 4.78 is 5.68. The van der Waals surface area contributed by atoms with Gasteiger partial charge in [-0.15, -0.1) is 11.3 Å². The van der Waals surface area contributed by atoms with Gasteiger partial charge in [-0.3, -0.25) is 15.1 Å². The molecular formula is C12H13N3O3S. The molecular weight excluding hydrogens is 266 g/mol. The van der Waals surface area contributed by atoms with Gasteiger partial charge in [-0.05, 0) is 13.1 Å². The lowest BCUT2D eigenvalue weighted by Gasteiger charge is -2.10. The van der Waals surface area contributed by atoms with Crippen LogP contribution in [-0.4, -0.2) is 17.0 Å². The number of rotatable bonds is 6. The van der Waals surface area contributed by atoms with Crippen LogP contribution >= 0.6 is 11.3 Å². The third-order valence-corrected chi connectivity index (χ3v) is 3.23. The Morgan fingerprint density at radius 2 is 2.37 bits per heavy atom. The fourth-order valence-electron chi connectivity index (χ4n) is 1.61. The number of nitro benzene ring substituents is 1. The van der Waals surface area contributed by atoms with E-state index in [1.165, 1.54) is 23.5 Å². The second-order valence-electron chi connectivity index (χ2n) is 3.84. The summed E-state index contributed by atoms with van der Waals surface area (Å²) in [7, 11) is 1.78. The molecule has 7 heteroatoms. The topological polar surface area (TPSA) is 77.3 Å². The normalized spacial score (nSPS) is 10.4. The molecule has 0 fully saturated rings. The highest BCUT2D eigenvalue weighted by Gasteiger charge is 2.11. The molecule has 6 nitrogen and oxygen atoms in total. The van der Waals surface area contributed by atoms with Crippen LogP contribution in [-0.2, 0) is 13.2 Å². The molecule has 0 saturated heterocycles. The first-order valence-corrected chi connectivity index (χ1v) is 6.50. The quantitative estimate of drug-likeness (QED) is 0.648. The van der Waals surface area contributed by atoms with E-state index in [9.17, 15) is 10.1 Å². The maximum atomic E-state index is 10.8. The minimum Gasteiger partial charge on any atom is -0.488 e. The second kappa shape index (κ2) is 6.26. The molecule has 2 rings (SSSR count). The van der Waals surface area contributed by atoms with E-state index in [0.717, 1.165) is 10.4 Å². The summed E-state index contributed by atoms with van der Waals surface area (Å²) in [6, 6.07) is 4.60. The number of aromatic nitrogens is 1. The standard InChI is InChI=1S/C12H13N3O3S/c1-13-5-9-4-10(15(16)17)2-3-12(9)18-7-11-6-14-8-19-11/h2-4,6,8,13H,5,7H2,1H3. The van der Waals surface area contributed by atoms with E-state index in [0.29, 0.717) is 18.9 Å². The Morgan fingerprint density at radius 1 is 1.53 bits per heavy atom. The van der Waals surface area contributed by atoms with Crippen molar-refractivity contribution in [1.82, 2.24) is 10.3 Å². The molecule has 0 spiro atoms. The first kappa shape index (κ1) is 13.4. The van der Waals surface area contributed by atoms with Crippen molar-refractivity contribution < 1.29 is 9.66 Å². The van der Waals surface area contributed by atoms with Crippen molar-refractivity contribution in [2.45, 2.75) is 13.2 Å². The molecule has 1 aromatic carbocycles. The van der Waals surface area contributed by atoms with Crippen molar-refractivity contribution in [3.8, 4) is 5.75 Å². The molecule has 0 aliphatic carbocycles. The number of hydrogen-bond acceptors (Lipinski definition) is 6. The lowest BCUT2D eigenvalue weighted by molar-refractivity contribution is -0.384. The molecule has 1 N–H and O–H groups in total. The van der Waals surface area contributed by atoms with Gasteiger partial charge in [0.05, 0.1) is 15.3 Å². The lowest BCUT2D eigenvalue weighted by atomic mass is 10.2. The third kappa shape index (κ3) is 3.49. The largest absolute Gasteiger partial charge is 0.488 e. The highest BCUT2D eigenvalue weighted by atomic mass is 32.1. The Hall–Kier alpha value is -1.99. The monoisotopic (exact) mass is 279 g/mol. The van der Waals surface area contributed by atoms with Gasteiger partial charge in [0, 0.05) is 30.4 Å². The highest BCUT2D eigenvalue weighted by Crippen LogP contribution is 2.25. The van der Waals surface area contributed by atoms with Crippen LogP contribution in [0, 0.1) is 10.1 Å². The Balaban J connectivity index is 2.16. The summed E-state index contributed by atoms with van der Waals surface area (Å²) in [5.41, 5.74) is 2.57. The summed E-state index contributed by atoms with van der Waals surface area (Å²) in [5.74, 6) is 0.647. The lowest BCUT2D eigenvalue weighted by Crippen LogP contribution is -2.08. The second-order valence-corrected chi connectivity index (χ2v) is 4.81. The number of non-ortho nitro benzene ring substituents is 1. The van der Waals surface area contributed by atoms with Crippen molar-refractivity contribution >= 4 is 17.0 Å². The first-order chi connectivity index (χ1) is 9.20. The number of ether oxygens (including phenoxy) is 1. The van der Waals surface area contributed by atoms with E-state index in [1.54, 1.807) is 24.8 Å². The smallest absolute Gasteiger partial charge is 0.270 e. The molecule has 0 atom stereocenters. The summed E-state index contributed by atoms with van der Waals surface area (Å²) in [5, 5.41) is 13.7. The van der Waals surface area contributed by atoms with Gasteiger partial charge in [0.2, 0.25) is 0 Å². The molecule has 0 amide bonds. The van der Waals surface area contributed by atoms with Crippen molar-refractivity contribution in [3.05, 3.63) is 50.5 Å². The van der Waals surface area contributed by atoms with Crippen LogP contribution in [0.3, 0.4) is 0 Å². The molecule has 0 unspecified atom stereocenters. The number of nitrogens with zero attached hydrogens (tertiary/aromatic N) is 2. The fraction of sp³-hybridized carbons (Fsp3) is 0.250. The van der Waals surface area contributed by atoms with Crippen molar-refractivity contribution in [2.75, 3.05) is 7.05 Å². The van der Waals surface area contributed by atoms with Gasteiger partial charge in [-0.2, -0.15) is 0 Å². The minimum atomic E-state index is -0.411. The van der Waals surface area contributed by atoms with Crippen molar-refractivity contribution in [2.24, 2.45) is 0 Å². The van der Waals surface area contributed by atoms with Gasteiger partial charge >= 0.3 is 0 Å². The predicted octanol–water partition coefficient (Wildman–Crippen LogP) is 2.35. The van der Waals surface area contributed by atoms with Gasteiger partial charge < -0.3 is 10.1 Å². The van der Waals surface area contributed by atoms with Gasteiger partial charge in [0.15, 0.2) is 0 Å². The molecule has 0 radical (unpaired) electrons. The zero-order valence-electron chi connectivity index (χ0n) is 10.3. The van der Waals surface area contributed by atoms with Crippen LogP contribution < -0.4 is 10.1 Å². The Kier molecular flexibility index (Phi) is 4.43. The van der Waals surface area contributed by atoms with E-state index < -0.39 is 4.92 Å². The fourth-order valence-corrected chi connectivity index (χ4v) is 2.12. The van der Waals surface area contributed by atoms with Crippen LogP contribution in [0.5, 0.6) is 5.75 Å². The van der Waals surface area contributed by atoms with Crippen LogP contribution in [0.25, 0.3) is 0 Å². The zero-order chi connectivity index (χ0) is 13.7. The number of nitro groups is 1. The Morgan fingerprint density at radius 3 is 3.00 bits per heavy atom. The van der Waals surface area contributed by atoms with E-state index in [4.69, 9.17) is 4.74 Å². The van der Waals surface area contributed by atoms with Crippen LogP contribution in [0.1, 0.15) is 10.4 Å². The van der Waals surface area contributed by atoms with Gasteiger partial charge in [0.25, 0.3) is 5.69 Å². The number of nitrogens with one attached hydrogen (secondary N) is 1. The summed E-state index contributed by atoms with van der Waals surface area (Å²) in [6.45, 7) is 0.929. The number of hydrogen-bond donors (Lipinski definition) is 1. The summed E-state index contributed by atoms with van der Waals surface area (Å²) >= 11 is 1.51. The van der Waals surface area contributed by atoms with Crippen LogP contribution in [0.15, 0.2) is 29.9 Å². The zero-order valence-corrected chi connectivity index (χ0v) is 11.1. The molecule has 0 saturated carbocycles. The van der Waals surface area contributed by atoms with Crippen molar-refractivity contribution in [1.29, 1.82) is 0 Å². The molecule has 0 aliphatic heterocycles. The van der Waals surface area contributed by atoms with Gasteiger partial charge in [0.1, 0.15) is 12.4 Å². The Labute approximate surface area is 114 Å². The third-order valence-electron chi connectivity index (χ3n) is 2.48. The van der Waals surface area contributed by atoms with E-state index in [1.807, 2.05) is 0 Å². The van der Waals surface area contributed by atoms with E-state index in [-0.39, 0.29) is 5.69 Å². The number of thiazole rings is 1. The van der Waals surface area contributed by atoms with E-state index >= 15 is 0 Å². The minimum absolute atomic E-state index is 0.0652. The molecule has 2 aromatic rings. The molecule has 0 aliphatic rings. The molecule has 100 valence electrons. The van der Waals surface area contributed by atoms with Gasteiger partial charge in [-0.25, -0.2) is 0 Å². The number of benzene rings is 1. The predicted molar refractivity (Wildman–Crippen MR) is 72.3 cm³/mol. The van der Waals surface area contributed by atoms with Crippen LogP contribution in [0.2, 0.25) is 0 Å². The summed E-state index contributed by atoms with van der Waals surface area (Å²) in [4.78, 5) is 15.3. The average Bonchev–Trinajstić information content (AvgIpc) is 2.90. The maximum absolute atomic E-state index is 10.8. The van der Waals surface area contributed by atoms with Crippen molar-refractivity contribution in [3.63, 3.8) is 0 Å². The van der Waals surface area contributed by atoms with E-state index in [2.05, 4.69) is 10.3 Å². The molecule has 1 aromatic heterocycles.